The molecule has 0 aliphatic carbocycles. The number of hydrogen-bond acceptors (Lipinski definition) is 3. The zero-order valence-electron chi connectivity index (χ0n) is 10.9. The van der Waals surface area contributed by atoms with Crippen LogP contribution < -0.4 is 5.32 Å². The van der Waals surface area contributed by atoms with Gasteiger partial charge in [-0.05, 0) is 32.0 Å². The van der Waals surface area contributed by atoms with Gasteiger partial charge in [0.25, 0.3) is 0 Å². The van der Waals surface area contributed by atoms with Crippen LogP contribution in [0.4, 0.5) is 8.78 Å². The Morgan fingerprint density at radius 1 is 1.32 bits per heavy atom. The van der Waals surface area contributed by atoms with Gasteiger partial charge in [-0.3, -0.25) is 0 Å². The Morgan fingerprint density at radius 2 is 2.00 bits per heavy atom. The average Bonchev–Trinajstić information content (AvgIpc) is 2.79. The fourth-order valence-electron chi connectivity index (χ4n) is 1.93. The molecule has 0 spiro atoms. The predicted molar refractivity (Wildman–Crippen MR) is 73.3 cm³/mol. The Bertz CT molecular complexity index is 534. The molecule has 0 saturated carbocycles. The number of halogens is 2. The van der Waals surface area contributed by atoms with Gasteiger partial charge in [0, 0.05) is 16.6 Å². The van der Waals surface area contributed by atoms with Crippen molar-refractivity contribution in [3.63, 3.8) is 0 Å². The average molecular weight is 282 g/mol. The number of thiazole rings is 1. The van der Waals surface area contributed by atoms with Gasteiger partial charge in [-0.1, -0.05) is 13.0 Å². The fraction of sp³-hybridized carbons (Fsp3) is 0.357. The van der Waals surface area contributed by atoms with Gasteiger partial charge in [0.15, 0.2) is 0 Å². The lowest BCUT2D eigenvalue weighted by molar-refractivity contribution is 0.506. The van der Waals surface area contributed by atoms with Gasteiger partial charge in [-0.2, -0.15) is 0 Å². The van der Waals surface area contributed by atoms with Crippen molar-refractivity contribution in [1.82, 2.24) is 10.3 Å². The molecule has 0 aliphatic heterocycles. The first-order valence-corrected chi connectivity index (χ1v) is 7.04. The zero-order valence-corrected chi connectivity index (χ0v) is 11.7. The Balaban J connectivity index is 2.42. The van der Waals surface area contributed by atoms with E-state index in [4.69, 9.17) is 0 Å². The van der Waals surface area contributed by atoms with Gasteiger partial charge >= 0.3 is 0 Å². The van der Waals surface area contributed by atoms with Crippen molar-refractivity contribution in [3.8, 4) is 0 Å². The number of aryl methyl sites for hydroxylation is 1. The normalized spacial score (nSPS) is 12.6. The van der Waals surface area contributed by atoms with E-state index in [9.17, 15) is 8.78 Å². The fourth-order valence-corrected chi connectivity index (χ4v) is 2.80. The van der Waals surface area contributed by atoms with Crippen molar-refractivity contribution < 1.29 is 8.78 Å². The number of nitrogens with zero attached hydrogens (tertiary/aromatic N) is 1. The van der Waals surface area contributed by atoms with E-state index in [2.05, 4.69) is 10.3 Å². The van der Waals surface area contributed by atoms with Crippen LogP contribution >= 0.6 is 11.3 Å². The van der Waals surface area contributed by atoms with Gasteiger partial charge in [-0.15, -0.1) is 11.3 Å². The number of benzene rings is 1. The van der Waals surface area contributed by atoms with Crippen LogP contribution in [0.25, 0.3) is 0 Å². The van der Waals surface area contributed by atoms with Crippen molar-refractivity contribution in [1.29, 1.82) is 0 Å². The molecule has 102 valence electrons. The minimum Gasteiger partial charge on any atom is -0.305 e. The van der Waals surface area contributed by atoms with Crippen LogP contribution in [0, 0.1) is 18.6 Å². The third-order valence-electron chi connectivity index (χ3n) is 2.81. The summed E-state index contributed by atoms with van der Waals surface area (Å²) in [6, 6.07) is 3.47. The van der Waals surface area contributed by atoms with Crippen LogP contribution in [0.15, 0.2) is 24.4 Å². The van der Waals surface area contributed by atoms with E-state index in [1.54, 1.807) is 6.20 Å². The molecule has 1 atom stereocenters. The largest absolute Gasteiger partial charge is 0.305 e. The molecule has 0 amide bonds. The number of nitrogens with one attached hydrogen (secondary N) is 1. The van der Waals surface area contributed by atoms with Gasteiger partial charge in [0.2, 0.25) is 0 Å². The Morgan fingerprint density at radius 3 is 2.53 bits per heavy atom. The molecule has 1 aromatic heterocycles. The molecule has 2 aromatic rings. The molecule has 19 heavy (non-hydrogen) atoms. The molecule has 1 heterocycles. The Labute approximate surface area is 115 Å². The number of aromatic nitrogens is 1. The highest BCUT2D eigenvalue weighted by molar-refractivity contribution is 7.11. The van der Waals surface area contributed by atoms with Crippen molar-refractivity contribution in [3.05, 3.63) is 51.5 Å². The Hall–Kier alpha value is -1.33. The summed E-state index contributed by atoms with van der Waals surface area (Å²) in [7, 11) is 0. The highest BCUT2D eigenvalue weighted by atomic mass is 32.1. The SMILES string of the molecule is CCCNC(c1cnc(C)s1)c1c(F)cccc1F. The number of hydrogen-bond donors (Lipinski definition) is 1. The molecule has 0 radical (unpaired) electrons. The minimum absolute atomic E-state index is 0.0691. The van der Waals surface area contributed by atoms with Gasteiger partial charge < -0.3 is 5.32 Å². The first kappa shape index (κ1) is 14.1. The molecular formula is C14H16F2N2S. The molecule has 0 fully saturated rings. The third kappa shape index (κ3) is 3.16. The lowest BCUT2D eigenvalue weighted by atomic mass is 10.0. The van der Waals surface area contributed by atoms with Crippen LogP contribution in [-0.4, -0.2) is 11.5 Å². The molecule has 0 bridgehead atoms. The smallest absolute Gasteiger partial charge is 0.131 e. The third-order valence-corrected chi connectivity index (χ3v) is 3.79. The van der Waals surface area contributed by atoms with Crippen molar-refractivity contribution >= 4 is 11.3 Å². The summed E-state index contributed by atoms with van der Waals surface area (Å²) in [5, 5.41) is 4.07. The maximum atomic E-state index is 13.9. The molecule has 5 heteroatoms. The summed E-state index contributed by atoms with van der Waals surface area (Å²) >= 11 is 1.45. The first-order valence-electron chi connectivity index (χ1n) is 6.23. The summed E-state index contributed by atoms with van der Waals surface area (Å²) < 4.78 is 27.8. The van der Waals surface area contributed by atoms with E-state index in [-0.39, 0.29) is 5.56 Å². The van der Waals surface area contributed by atoms with E-state index in [0.717, 1.165) is 16.3 Å². The molecule has 1 unspecified atom stereocenters. The van der Waals surface area contributed by atoms with Gasteiger partial charge in [0.1, 0.15) is 11.6 Å². The molecule has 2 rings (SSSR count). The van der Waals surface area contributed by atoms with Gasteiger partial charge in [-0.25, -0.2) is 13.8 Å². The van der Waals surface area contributed by atoms with Crippen LogP contribution in [0.3, 0.4) is 0 Å². The van der Waals surface area contributed by atoms with Crippen molar-refractivity contribution in [2.45, 2.75) is 26.3 Å². The van der Waals surface area contributed by atoms with E-state index in [1.807, 2.05) is 13.8 Å². The summed E-state index contributed by atoms with van der Waals surface area (Å²) in [6.07, 6.45) is 2.57. The monoisotopic (exact) mass is 282 g/mol. The highest BCUT2D eigenvalue weighted by Crippen LogP contribution is 2.30. The van der Waals surface area contributed by atoms with Crippen LogP contribution in [0.5, 0.6) is 0 Å². The Kier molecular flexibility index (Phi) is 4.61. The van der Waals surface area contributed by atoms with Crippen molar-refractivity contribution in [2.24, 2.45) is 0 Å². The van der Waals surface area contributed by atoms with Gasteiger partial charge in [0.05, 0.1) is 11.0 Å². The summed E-state index contributed by atoms with van der Waals surface area (Å²) in [6.45, 7) is 4.58. The highest BCUT2D eigenvalue weighted by Gasteiger charge is 2.22. The van der Waals surface area contributed by atoms with E-state index >= 15 is 0 Å². The van der Waals surface area contributed by atoms with Crippen molar-refractivity contribution in [2.75, 3.05) is 6.54 Å². The summed E-state index contributed by atoms with van der Waals surface area (Å²) in [5.41, 5.74) is 0.0691. The molecule has 0 saturated heterocycles. The van der Waals surface area contributed by atoms with E-state index < -0.39 is 17.7 Å². The van der Waals surface area contributed by atoms with Crippen LogP contribution in [0.2, 0.25) is 0 Å². The lowest BCUT2D eigenvalue weighted by Gasteiger charge is -2.18. The molecule has 0 aliphatic rings. The second-order valence-electron chi connectivity index (χ2n) is 4.30. The zero-order chi connectivity index (χ0) is 13.8. The molecule has 2 nitrogen and oxygen atoms in total. The summed E-state index contributed by atoms with van der Waals surface area (Å²) in [4.78, 5) is 4.99. The predicted octanol–water partition coefficient (Wildman–Crippen LogP) is 3.82. The lowest BCUT2D eigenvalue weighted by Crippen LogP contribution is -2.24. The standard InChI is InChI=1S/C14H16F2N2S/c1-3-7-17-14(12-8-18-9(2)19-12)13-10(15)5-4-6-11(13)16/h4-6,8,14,17H,3,7H2,1-2H3. The van der Waals surface area contributed by atoms with E-state index in [0.29, 0.717) is 6.54 Å². The quantitative estimate of drug-likeness (QED) is 0.901. The minimum atomic E-state index is -0.528. The summed E-state index contributed by atoms with van der Waals surface area (Å²) in [5.74, 6) is -1.06. The molecule has 1 N–H and O–H groups in total. The number of rotatable bonds is 5. The maximum absolute atomic E-state index is 13.9. The second-order valence-corrected chi connectivity index (χ2v) is 5.57. The van der Waals surface area contributed by atoms with E-state index in [1.165, 1.54) is 29.5 Å². The molecular weight excluding hydrogens is 266 g/mol. The second kappa shape index (κ2) is 6.21. The topological polar surface area (TPSA) is 24.9 Å². The first-order chi connectivity index (χ1) is 9.13. The molecule has 1 aromatic carbocycles. The maximum Gasteiger partial charge on any atom is 0.131 e. The van der Waals surface area contributed by atoms with Crippen LogP contribution in [-0.2, 0) is 0 Å². The van der Waals surface area contributed by atoms with Crippen LogP contribution in [0.1, 0.15) is 34.8 Å².